The van der Waals surface area contributed by atoms with E-state index in [4.69, 9.17) is 5.53 Å². The van der Waals surface area contributed by atoms with Crippen LogP contribution in [0.3, 0.4) is 0 Å². The molecule has 1 unspecified atom stereocenters. The molecule has 0 aliphatic rings. The molecule has 1 aromatic rings. The molecule has 1 aromatic carbocycles. The van der Waals surface area contributed by atoms with Crippen molar-refractivity contribution in [1.82, 2.24) is 0 Å². The zero-order valence-corrected chi connectivity index (χ0v) is 8.83. The Bertz CT molecular complexity index is 410. The van der Waals surface area contributed by atoms with Crippen LogP contribution in [0.1, 0.15) is 18.6 Å². The summed E-state index contributed by atoms with van der Waals surface area (Å²) in [5.74, 6) is -0.832. The Kier molecular flexibility index (Phi) is 4.39. The fourth-order valence-corrected chi connectivity index (χ4v) is 1.21. The zero-order valence-electron chi connectivity index (χ0n) is 8.83. The molecule has 0 aromatic heterocycles. The second kappa shape index (κ2) is 5.80. The van der Waals surface area contributed by atoms with Crippen molar-refractivity contribution in [2.75, 3.05) is 6.61 Å². The number of ether oxygens (including phenoxy) is 1. The fraction of sp³-hybridized carbons (Fsp3) is 0.273. The summed E-state index contributed by atoms with van der Waals surface area (Å²) >= 11 is 0. The molecular formula is C11H12N2O3. The second-order valence-electron chi connectivity index (χ2n) is 3.02. The van der Waals surface area contributed by atoms with Gasteiger partial charge in [0, 0.05) is 0 Å². The number of nitrogens with zero attached hydrogens (tertiary/aromatic N) is 2. The van der Waals surface area contributed by atoms with Crippen molar-refractivity contribution < 1.29 is 19.4 Å². The van der Waals surface area contributed by atoms with E-state index in [1.165, 1.54) is 0 Å². The van der Waals surface area contributed by atoms with Crippen LogP contribution in [0.4, 0.5) is 0 Å². The largest absolute Gasteiger partial charge is 0.457 e. The molecule has 1 N–H and O–H groups in total. The molecule has 0 spiro atoms. The van der Waals surface area contributed by atoms with Gasteiger partial charge in [0.15, 0.2) is 6.10 Å². The van der Waals surface area contributed by atoms with E-state index in [1.54, 1.807) is 37.3 Å². The van der Waals surface area contributed by atoms with Crippen molar-refractivity contribution in [2.45, 2.75) is 13.0 Å². The number of hydrogen-bond donors (Lipinski definition) is 1. The first kappa shape index (κ1) is 12.1. The van der Waals surface area contributed by atoms with Gasteiger partial charge in [-0.15, -0.1) is 0 Å². The fourth-order valence-electron chi connectivity index (χ4n) is 1.21. The lowest BCUT2D eigenvalue weighted by Crippen LogP contribution is -2.25. The van der Waals surface area contributed by atoms with E-state index in [0.717, 1.165) is 0 Å². The summed E-state index contributed by atoms with van der Waals surface area (Å²) in [7, 11) is 0. The Morgan fingerprint density at radius 1 is 1.50 bits per heavy atom. The van der Waals surface area contributed by atoms with Gasteiger partial charge in [0.25, 0.3) is 0 Å². The molecule has 0 fully saturated rings. The Labute approximate surface area is 92.9 Å². The number of hydrogen-bond acceptors (Lipinski definition) is 3. The summed E-state index contributed by atoms with van der Waals surface area (Å²) < 4.78 is 4.65. The molecule has 0 aliphatic heterocycles. The van der Waals surface area contributed by atoms with Crippen LogP contribution in [-0.2, 0) is 9.53 Å². The predicted octanol–water partition coefficient (Wildman–Crippen LogP) is 0.954. The summed E-state index contributed by atoms with van der Waals surface area (Å²) in [5.41, 5.74) is 8.72. The van der Waals surface area contributed by atoms with Crippen molar-refractivity contribution in [3.8, 4) is 0 Å². The van der Waals surface area contributed by atoms with E-state index in [0.29, 0.717) is 5.56 Å². The molecule has 0 amide bonds. The van der Waals surface area contributed by atoms with Crippen molar-refractivity contribution in [1.29, 1.82) is 0 Å². The number of benzene rings is 1. The zero-order chi connectivity index (χ0) is 12.0. The average Bonchev–Trinajstić information content (AvgIpc) is 2.31. The summed E-state index contributed by atoms with van der Waals surface area (Å²) in [6, 6.07) is 8.43. The molecule has 0 radical (unpaired) electrons. The van der Waals surface area contributed by atoms with Crippen LogP contribution in [0.2, 0.25) is 0 Å². The van der Waals surface area contributed by atoms with Gasteiger partial charge in [-0.1, -0.05) is 30.3 Å². The van der Waals surface area contributed by atoms with Gasteiger partial charge in [-0.05, 0) is 12.5 Å². The maximum absolute atomic E-state index is 11.3. The molecule has 5 nitrogen and oxygen atoms in total. The van der Waals surface area contributed by atoms with Crippen LogP contribution in [0.15, 0.2) is 30.3 Å². The van der Waals surface area contributed by atoms with Gasteiger partial charge in [0.1, 0.15) is 0 Å². The standard InChI is InChI=1S/C11H12N2O3/c1-2-16-11(15)9(13-12)10(14)8-6-4-3-5-7-8/h3-7,10,14H,2H2,1H3. The van der Waals surface area contributed by atoms with Gasteiger partial charge in [0.2, 0.25) is 0 Å². The highest BCUT2D eigenvalue weighted by molar-refractivity contribution is 6.35. The minimum atomic E-state index is -1.29. The number of carbonyl (C=O) groups excluding carboxylic acids is 1. The summed E-state index contributed by atoms with van der Waals surface area (Å²) in [6.07, 6.45) is -1.29. The number of aliphatic hydroxyl groups excluding tert-OH is 1. The first-order chi connectivity index (χ1) is 7.70. The SMILES string of the molecule is CCOC(=O)C(=[N+]=[N-])C(O)c1ccccc1. The minimum Gasteiger partial charge on any atom is -0.457 e. The lowest BCUT2D eigenvalue weighted by Gasteiger charge is -2.05. The van der Waals surface area contributed by atoms with E-state index in [2.05, 4.69) is 9.53 Å². The topological polar surface area (TPSA) is 82.9 Å². The third-order valence-electron chi connectivity index (χ3n) is 1.97. The first-order valence-electron chi connectivity index (χ1n) is 4.82. The first-order valence-corrected chi connectivity index (χ1v) is 4.82. The normalized spacial score (nSPS) is 11.4. The van der Waals surface area contributed by atoms with Gasteiger partial charge in [-0.2, -0.15) is 4.79 Å². The third kappa shape index (κ3) is 2.76. The smallest absolute Gasteiger partial charge is 0.420 e. The number of aliphatic hydroxyl groups is 1. The predicted molar refractivity (Wildman–Crippen MR) is 56.7 cm³/mol. The monoisotopic (exact) mass is 220 g/mol. The molecular weight excluding hydrogens is 208 g/mol. The van der Waals surface area contributed by atoms with Gasteiger partial charge < -0.3 is 15.4 Å². The van der Waals surface area contributed by atoms with Crippen molar-refractivity contribution in [3.05, 3.63) is 41.4 Å². The third-order valence-corrected chi connectivity index (χ3v) is 1.97. The Hall–Kier alpha value is -1.97. The Balaban J connectivity index is 2.91. The van der Waals surface area contributed by atoms with Crippen LogP contribution in [0.5, 0.6) is 0 Å². The van der Waals surface area contributed by atoms with Gasteiger partial charge in [-0.3, -0.25) is 0 Å². The Morgan fingerprint density at radius 3 is 2.62 bits per heavy atom. The van der Waals surface area contributed by atoms with E-state index in [-0.39, 0.29) is 6.61 Å². The number of rotatable bonds is 4. The van der Waals surface area contributed by atoms with E-state index < -0.39 is 17.8 Å². The molecule has 0 bridgehead atoms. The van der Waals surface area contributed by atoms with Crippen LogP contribution in [0.25, 0.3) is 5.53 Å². The maximum Gasteiger partial charge on any atom is 0.420 e. The molecule has 1 atom stereocenters. The highest BCUT2D eigenvalue weighted by Gasteiger charge is 2.32. The Morgan fingerprint density at radius 2 is 2.12 bits per heavy atom. The summed E-state index contributed by atoms with van der Waals surface area (Å²) in [6.45, 7) is 1.78. The molecule has 84 valence electrons. The molecule has 5 heteroatoms. The highest BCUT2D eigenvalue weighted by atomic mass is 16.5. The highest BCUT2D eigenvalue weighted by Crippen LogP contribution is 2.13. The summed E-state index contributed by atoms with van der Waals surface area (Å²) in [4.78, 5) is 14.1. The van der Waals surface area contributed by atoms with Crippen molar-refractivity contribution in [3.63, 3.8) is 0 Å². The van der Waals surface area contributed by atoms with Crippen molar-refractivity contribution in [2.24, 2.45) is 0 Å². The van der Waals surface area contributed by atoms with E-state index >= 15 is 0 Å². The van der Waals surface area contributed by atoms with E-state index in [1.807, 2.05) is 0 Å². The van der Waals surface area contributed by atoms with E-state index in [9.17, 15) is 9.90 Å². The molecule has 1 rings (SSSR count). The molecule has 16 heavy (non-hydrogen) atoms. The summed E-state index contributed by atoms with van der Waals surface area (Å²) in [5, 5.41) is 9.79. The average molecular weight is 220 g/mol. The van der Waals surface area contributed by atoms with Gasteiger partial charge >= 0.3 is 11.7 Å². The molecule has 0 aliphatic carbocycles. The second-order valence-corrected chi connectivity index (χ2v) is 3.02. The molecule has 0 saturated heterocycles. The van der Waals surface area contributed by atoms with Crippen LogP contribution in [0, 0.1) is 0 Å². The lowest BCUT2D eigenvalue weighted by atomic mass is 10.1. The van der Waals surface area contributed by atoms with Crippen LogP contribution >= 0.6 is 0 Å². The number of esters is 1. The number of carbonyl (C=O) groups is 1. The van der Waals surface area contributed by atoms with Gasteiger partial charge in [0.05, 0.1) is 6.61 Å². The lowest BCUT2D eigenvalue weighted by molar-refractivity contribution is -0.141. The van der Waals surface area contributed by atoms with Gasteiger partial charge in [-0.25, -0.2) is 4.79 Å². The molecule has 0 saturated carbocycles. The minimum absolute atomic E-state index is 0.152. The van der Waals surface area contributed by atoms with Crippen LogP contribution in [-0.4, -0.2) is 28.2 Å². The maximum atomic E-state index is 11.3. The molecule has 0 heterocycles. The van der Waals surface area contributed by atoms with Crippen LogP contribution < -0.4 is 0 Å². The van der Waals surface area contributed by atoms with Crippen molar-refractivity contribution >= 4 is 11.7 Å². The quantitative estimate of drug-likeness (QED) is 0.355.